The zero-order valence-corrected chi connectivity index (χ0v) is 14.9. The lowest BCUT2D eigenvalue weighted by molar-refractivity contribution is 0.0740. The van der Waals surface area contributed by atoms with Crippen molar-refractivity contribution in [3.05, 3.63) is 60.3 Å². The number of carbonyl (C=O) groups is 1. The van der Waals surface area contributed by atoms with E-state index >= 15 is 0 Å². The average Bonchev–Trinajstić information content (AvgIpc) is 2.58. The lowest BCUT2D eigenvalue weighted by atomic mass is 10.2. The number of amides is 1. The maximum atomic E-state index is 12.4. The summed E-state index contributed by atoms with van der Waals surface area (Å²) in [4.78, 5) is 43.2. The van der Waals surface area contributed by atoms with E-state index in [-0.39, 0.29) is 11.6 Å². The summed E-state index contributed by atoms with van der Waals surface area (Å²) in [6.07, 6.45) is 0. The summed E-state index contributed by atoms with van der Waals surface area (Å²) in [6.45, 7) is 3.95. The molecule has 2 heterocycles. The van der Waals surface area contributed by atoms with Gasteiger partial charge in [-0.2, -0.15) is 0 Å². The van der Waals surface area contributed by atoms with Crippen LogP contribution < -0.4 is 16.1 Å². The topological polar surface area (TPSA) is 89.3 Å². The van der Waals surface area contributed by atoms with Crippen LogP contribution in [0.3, 0.4) is 0 Å². The summed E-state index contributed by atoms with van der Waals surface area (Å²) in [5.41, 5.74) is 0.424. The summed E-state index contributed by atoms with van der Waals surface area (Å²) in [5, 5.41) is 1.20. The van der Waals surface area contributed by atoms with Crippen molar-refractivity contribution in [3.63, 3.8) is 0 Å². The first kappa shape index (κ1) is 17.6. The van der Waals surface area contributed by atoms with E-state index in [0.717, 1.165) is 17.3 Å². The zero-order valence-electron chi connectivity index (χ0n) is 13.4. The Morgan fingerprint density at radius 1 is 1.00 bits per heavy atom. The first-order valence-electron chi connectivity index (χ1n) is 7.68. The fraction of sp³-hybridized carbons (Fsp3) is 0.312. The summed E-state index contributed by atoms with van der Waals surface area (Å²) in [5.74, 6) is -0.372. The number of H-pyrrole nitrogens is 2. The van der Waals surface area contributed by atoms with Crippen LogP contribution in [0.15, 0.2) is 27.8 Å². The van der Waals surface area contributed by atoms with E-state index in [0.29, 0.717) is 36.2 Å². The Bertz CT molecular complexity index is 878. The molecule has 3 rings (SSSR count). The highest BCUT2D eigenvalue weighted by atomic mass is 35.5. The fourth-order valence-electron chi connectivity index (χ4n) is 2.74. The van der Waals surface area contributed by atoms with E-state index in [9.17, 15) is 14.4 Å². The molecule has 0 spiro atoms. The Morgan fingerprint density at radius 2 is 1.60 bits per heavy atom. The first-order chi connectivity index (χ1) is 11.8. The lowest BCUT2D eigenvalue weighted by Gasteiger charge is -2.36. The molecule has 1 aromatic heterocycles. The highest BCUT2D eigenvalue weighted by Crippen LogP contribution is 2.30. The Kier molecular flexibility index (Phi) is 4.87. The van der Waals surface area contributed by atoms with Gasteiger partial charge in [-0.3, -0.25) is 14.6 Å². The molecule has 0 unspecified atom stereocenters. The highest BCUT2D eigenvalue weighted by molar-refractivity contribution is 6.36. The van der Waals surface area contributed by atoms with Crippen LogP contribution >= 0.6 is 23.2 Å². The van der Waals surface area contributed by atoms with Crippen LogP contribution in [0.2, 0.25) is 10.0 Å². The molecular formula is C16H16Cl2N4O3. The summed E-state index contributed by atoms with van der Waals surface area (Å²) in [7, 11) is 0. The quantitative estimate of drug-likeness (QED) is 0.825. The minimum absolute atomic E-state index is 0.0105. The van der Waals surface area contributed by atoms with E-state index in [1.807, 2.05) is 24.0 Å². The Hall–Kier alpha value is -2.25. The number of hydrogen-bond donors (Lipinski definition) is 2. The average molecular weight is 383 g/mol. The maximum absolute atomic E-state index is 12.4. The van der Waals surface area contributed by atoms with Crippen LogP contribution in [-0.2, 0) is 0 Å². The number of nitrogens with zero attached hydrogens (tertiary/aromatic N) is 2. The molecule has 2 N–H and O–H groups in total. The fourth-order valence-corrected chi connectivity index (χ4v) is 3.21. The standard InChI is InChI=1S/C16H16Cl2N4O3/c1-9-11(17)6-10(7-12(9)18)21-2-4-22(5-3-21)15(24)13-8-14(23)20-16(25)19-13/h6-8H,2-5H2,1H3,(H2,19,20,23,25). The Labute approximate surface area is 153 Å². The van der Waals surface area contributed by atoms with Crippen molar-refractivity contribution in [1.29, 1.82) is 0 Å². The molecule has 1 aliphatic heterocycles. The number of hydrogen-bond acceptors (Lipinski definition) is 4. The van der Waals surface area contributed by atoms with Crippen molar-refractivity contribution >= 4 is 34.8 Å². The molecule has 25 heavy (non-hydrogen) atoms. The van der Waals surface area contributed by atoms with Crippen LogP contribution in [0.5, 0.6) is 0 Å². The second-order valence-corrected chi connectivity index (χ2v) is 6.63. The van der Waals surface area contributed by atoms with Gasteiger partial charge in [-0.15, -0.1) is 0 Å². The maximum Gasteiger partial charge on any atom is 0.326 e. The van der Waals surface area contributed by atoms with Gasteiger partial charge in [0, 0.05) is 48.0 Å². The van der Waals surface area contributed by atoms with Gasteiger partial charge in [-0.05, 0) is 24.6 Å². The number of aromatic amines is 2. The van der Waals surface area contributed by atoms with Crippen molar-refractivity contribution < 1.29 is 4.79 Å². The molecule has 9 heteroatoms. The molecule has 7 nitrogen and oxygen atoms in total. The van der Waals surface area contributed by atoms with Crippen molar-refractivity contribution in [2.24, 2.45) is 0 Å². The van der Waals surface area contributed by atoms with Gasteiger partial charge in [-0.1, -0.05) is 23.2 Å². The van der Waals surface area contributed by atoms with E-state index in [2.05, 4.69) is 9.88 Å². The minimum atomic E-state index is -0.696. The third-order valence-corrected chi connectivity index (χ3v) is 4.97. The largest absolute Gasteiger partial charge is 0.368 e. The molecule has 1 saturated heterocycles. The number of rotatable bonds is 2. The van der Waals surface area contributed by atoms with Crippen molar-refractivity contribution in [3.8, 4) is 0 Å². The molecule has 0 radical (unpaired) electrons. The molecule has 1 fully saturated rings. The normalized spacial score (nSPS) is 14.7. The van der Waals surface area contributed by atoms with Crippen LogP contribution in [0.25, 0.3) is 0 Å². The molecule has 2 aromatic rings. The predicted octanol–water partition coefficient (Wildman–Crippen LogP) is 1.64. The number of nitrogens with one attached hydrogen (secondary N) is 2. The van der Waals surface area contributed by atoms with Gasteiger partial charge in [0.15, 0.2) is 0 Å². The second-order valence-electron chi connectivity index (χ2n) is 5.82. The van der Waals surface area contributed by atoms with Gasteiger partial charge >= 0.3 is 5.69 Å². The molecule has 1 aromatic carbocycles. The number of anilines is 1. The van der Waals surface area contributed by atoms with Crippen molar-refractivity contribution in [1.82, 2.24) is 14.9 Å². The van der Waals surface area contributed by atoms with Crippen LogP contribution in [0, 0.1) is 6.92 Å². The number of carbonyl (C=O) groups excluding carboxylic acids is 1. The Balaban J connectivity index is 1.72. The summed E-state index contributed by atoms with van der Waals surface area (Å²) in [6, 6.07) is 4.80. The molecular weight excluding hydrogens is 367 g/mol. The zero-order chi connectivity index (χ0) is 18.1. The van der Waals surface area contributed by atoms with Gasteiger partial charge in [0.2, 0.25) is 0 Å². The van der Waals surface area contributed by atoms with E-state index in [1.54, 1.807) is 4.90 Å². The van der Waals surface area contributed by atoms with Gasteiger partial charge in [-0.25, -0.2) is 4.79 Å². The van der Waals surface area contributed by atoms with E-state index in [4.69, 9.17) is 23.2 Å². The number of halogens is 2. The molecule has 132 valence electrons. The van der Waals surface area contributed by atoms with Crippen LogP contribution in [0.1, 0.15) is 16.1 Å². The van der Waals surface area contributed by atoms with Crippen molar-refractivity contribution in [2.75, 3.05) is 31.1 Å². The highest BCUT2D eigenvalue weighted by Gasteiger charge is 2.24. The number of benzene rings is 1. The molecule has 0 atom stereocenters. The SMILES string of the molecule is Cc1c(Cl)cc(N2CCN(C(=O)c3cc(=O)[nH]c(=O)[nH]3)CC2)cc1Cl. The third-order valence-electron chi connectivity index (χ3n) is 4.19. The van der Waals surface area contributed by atoms with Gasteiger partial charge in [0.1, 0.15) is 5.69 Å². The van der Waals surface area contributed by atoms with Crippen molar-refractivity contribution in [2.45, 2.75) is 6.92 Å². The first-order valence-corrected chi connectivity index (χ1v) is 8.44. The van der Waals surface area contributed by atoms with Crippen LogP contribution in [-0.4, -0.2) is 47.0 Å². The summed E-state index contributed by atoms with van der Waals surface area (Å²) < 4.78 is 0. The number of aromatic nitrogens is 2. The van der Waals surface area contributed by atoms with Gasteiger partial charge in [0.25, 0.3) is 11.5 Å². The molecule has 0 saturated carbocycles. The molecule has 1 amide bonds. The molecule has 0 aliphatic carbocycles. The smallest absolute Gasteiger partial charge is 0.326 e. The second kappa shape index (κ2) is 6.93. The number of piperazine rings is 1. The van der Waals surface area contributed by atoms with Gasteiger partial charge in [0.05, 0.1) is 0 Å². The minimum Gasteiger partial charge on any atom is -0.368 e. The molecule has 0 bridgehead atoms. The van der Waals surface area contributed by atoms with Crippen LogP contribution in [0.4, 0.5) is 5.69 Å². The van der Waals surface area contributed by atoms with Gasteiger partial charge < -0.3 is 14.8 Å². The van der Waals surface area contributed by atoms with E-state index < -0.39 is 11.2 Å². The Morgan fingerprint density at radius 3 is 2.16 bits per heavy atom. The third kappa shape index (κ3) is 3.72. The monoisotopic (exact) mass is 382 g/mol. The van der Waals surface area contributed by atoms with E-state index in [1.165, 1.54) is 0 Å². The summed E-state index contributed by atoms with van der Waals surface area (Å²) >= 11 is 12.4. The lowest BCUT2D eigenvalue weighted by Crippen LogP contribution is -2.49. The predicted molar refractivity (Wildman–Crippen MR) is 97.0 cm³/mol. The molecule has 1 aliphatic rings.